The molecule has 1 amide bonds. The molecule has 4 rings (SSSR count). The number of rotatable bonds is 5. The van der Waals surface area contributed by atoms with Gasteiger partial charge in [-0.3, -0.25) is 4.79 Å². The van der Waals surface area contributed by atoms with Gasteiger partial charge in [0.25, 0.3) is 5.91 Å². The quantitative estimate of drug-likeness (QED) is 0.685. The van der Waals surface area contributed by atoms with Crippen molar-refractivity contribution in [3.05, 3.63) is 66.5 Å². The number of esters is 1. The van der Waals surface area contributed by atoms with E-state index in [9.17, 15) is 9.59 Å². The minimum absolute atomic E-state index is 0.350. The molecule has 0 radical (unpaired) electrons. The zero-order valence-corrected chi connectivity index (χ0v) is 14.8. The number of anilines is 1. The molecule has 3 aromatic rings. The number of amides is 1. The lowest BCUT2D eigenvalue weighted by atomic mass is 10.2. The summed E-state index contributed by atoms with van der Waals surface area (Å²) >= 11 is 0. The lowest BCUT2D eigenvalue weighted by molar-refractivity contribution is -0.119. The van der Waals surface area contributed by atoms with Crippen molar-refractivity contribution in [1.29, 1.82) is 0 Å². The molecule has 8 heteroatoms. The fourth-order valence-corrected chi connectivity index (χ4v) is 2.70. The molecule has 142 valence electrons. The summed E-state index contributed by atoms with van der Waals surface area (Å²) in [4.78, 5) is 24.2. The van der Waals surface area contributed by atoms with E-state index in [0.29, 0.717) is 36.0 Å². The summed E-state index contributed by atoms with van der Waals surface area (Å²) in [7, 11) is 0. The van der Waals surface area contributed by atoms with Gasteiger partial charge in [-0.1, -0.05) is 0 Å². The monoisotopic (exact) mass is 379 g/mol. The summed E-state index contributed by atoms with van der Waals surface area (Å²) in [5, 5.41) is 6.78. The van der Waals surface area contributed by atoms with E-state index in [4.69, 9.17) is 14.2 Å². The van der Waals surface area contributed by atoms with Gasteiger partial charge in [0.05, 0.1) is 11.3 Å². The standard InChI is InChI=1S/C20H17N3O5/c24-19(22-15-4-7-17-18(12-15)27-11-10-26-17)13-28-20(25)14-2-5-16(6-3-14)23-9-1-8-21-23/h1-9,12H,10-11,13H2,(H,22,24). The van der Waals surface area contributed by atoms with Gasteiger partial charge >= 0.3 is 5.97 Å². The number of aromatic nitrogens is 2. The predicted molar refractivity (Wildman–Crippen MR) is 99.9 cm³/mol. The van der Waals surface area contributed by atoms with Gasteiger partial charge in [0, 0.05) is 24.1 Å². The zero-order valence-electron chi connectivity index (χ0n) is 14.8. The van der Waals surface area contributed by atoms with Crippen LogP contribution in [0.5, 0.6) is 11.5 Å². The fourth-order valence-electron chi connectivity index (χ4n) is 2.70. The van der Waals surface area contributed by atoms with E-state index >= 15 is 0 Å². The molecule has 8 nitrogen and oxygen atoms in total. The van der Waals surface area contributed by atoms with E-state index in [0.717, 1.165) is 5.69 Å². The second kappa shape index (κ2) is 7.83. The van der Waals surface area contributed by atoms with Crippen LogP contribution in [-0.4, -0.2) is 41.5 Å². The Hall–Kier alpha value is -3.81. The summed E-state index contributed by atoms with van der Waals surface area (Å²) < 4.78 is 17.7. The van der Waals surface area contributed by atoms with Crippen molar-refractivity contribution in [3.63, 3.8) is 0 Å². The second-order valence-corrected chi connectivity index (χ2v) is 5.98. The molecule has 1 aliphatic heterocycles. The topological polar surface area (TPSA) is 91.7 Å². The Labute approximate surface area is 160 Å². The lowest BCUT2D eigenvalue weighted by Crippen LogP contribution is -2.21. The molecule has 2 heterocycles. The first-order valence-electron chi connectivity index (χ1n) is 8.66. The minimum Gasteiger partial charge on any atom is -0.486 e. The number of hydrogen-bond donors (Lipinski definition) is 1. The maximum absolute atomic E-state index is 12.1. The smallest absolute Gasteiger partial charge is 0.338 e. The van der Waals surface area contributed by atoms with Gasteiger partial charge in [0.15, 0.2) is 18.1 Å². The number of nitrogens with one attached hydrogen (secondary N) is 1. The second-order valence-electron chi connectivity index (χ2n) is 5.98. The van der Waals surface area contributed by atoms with E-state index in [1.807, 2.05) is 6.07 Å². The first-order valence-corrected chi connectivity index (χ1v) is 8.66. The Balaban J connectivity index is 1.31. The number of ether oxygens (including phenoxy) is 3. The summed E-state index contributed by atoms with van der Waals surface area (Å²) in [6.45, 7) is 0.562. The van der Waals surface area contributed by atoms with Crippen molar-refractivity contribution in [2.45, 2.75) is 0 Å². The first-order chi connectivity index (χ1) is 13.7. The Bertz CT molecular complexity index is 984. The van der Waals surface area contributed by atoms with Crippen molar-refractivity contribution in [2.24, 2.45) is 0 Å². The van der Waals surface area contributed by atoms with Crippen LogP contribution in [0, 0.1) is 0 Å². The third-order valence-corrected chi connectivity index (χ3v) is 4.03. The summed E-state index contributed by atoms with van der Waals surface area (Å²) in [5.74, 6) is 0.176. The van der Waals surface area contributed by atoms with Crippen molar-refractivity contribution < 1.29 is 23.8 Å². The Morgan fingerprint density at radius 3 is 2.61 bits per heavy atom. The molecule has 0 bridgehead atoms. The number of hydrogen-bond acceptors (Lipinski definition) is 6. The fraction of sp³-hybridized carbons (Fsp3) is 0.150. The molecule has 0 saturated carbocycles. The van der Waals surface area contributed by atoms with Gasteiger partial charge in [-0.05, 0) is 42.5 Å². The minimum atomic E-state index is -0.579. The van der Waals surface area contributed by atoms with Crippen molar-refractivity contribution >= 4 is 17.6 Å². The molecule has 0 unspecified atom stereocenters. The van der Waals surface area contributed by atoms with Gasteiger partial charge in [0.2, 0.25) is 0 Å². The van der Waals surface area contributed by atoms with Crippen molar-refractivity contribution in [3.8, 4) is 17.2 Å². The molecular formula is C20H17N3O5. The lowest BCUT2D eigenvalue weighted by Gasteiger charge is -2.19. The maximum atomic E-state index is 12.1. The highest BCUT2D eigenvalue weighted by Gasteiger charge is 2.14. The molecule has 1 aromatic heterocycles. The Morgan fingerprint density at radius 2 is 1.86 bits per heavy atom. The van der Waals surface area contributed by atoms with E-state index in [2.05, 4.69) is 10.4 Å². The van der Waals surface area contributed by atoms with Crippen LogP contribution in [0.2, 0.25) is 0 Å². The highest BCUT2D eigenvalue weighted by Crippen LogP contribution is 2.32. The SMILES string of the molecule is O=C(COC(=O)c1ccc(-n2cccn2)cc1)Nc1ccc2c(c1)OCCO2. The van der Waals surface area contributed by atoms with Crippen LogP contribution in [0.15, 0.2) is 60.9 Å². The zero-order chi connectivity index (χ0) is 19.3. The van der Waals surface area contributed by atoms with Gasteiger partial charge in [-0.15, -0.1) is 0 Å². The van der Waals surface area contributed by atoms with Crippen LogP contribution < -0.4 is 14.8 Å². The molecule has 0 spiro atoms. The van der Waals surface area contributed by atoms with Crippen LogP contribution in [0.25, 0.3) is 5.69 Å². The van der Waals surface area contributed by atoms with Gasteiger partial charge in [-0.25, -0.2) is 9.48 Å². The number of carbonyl (C=O) groups excluding carboxylic acids is 2. The average Bonchev–Trinajstić information content (AvgIpc) is 3.27. The molecule has 0 fully saturated rings. The summed E-state index contributed by atoms with van der Waals surface area (Å²) in [5.41, 5.74) is 1.70. The van der Waals surface area contributed by atoms with Gasteiger partial charge in [-0.2, -0.15) is 5.10 Å². The van der Waals surface area contributed by atoms with E-state index in [-0.39, 0.29) is 0 Å². The third kappa shape index (κ3) is 3.96. The molecule has 0 saturated heterocycles. The number of nitrogens with zero attached hydrogens (tertiary/aromatic N) is 2. The van der Waals surface area contributed by atoms with Crippen molar-refractivity contribution in [1.82, 2.24) is 9.78 Å². The van der Waals surface area contributed by atoms with E-state index in [1.165, 1.54) is 0 Å². The predicted octanol–water partition coefficient (Wildman–Crippen LogP) is 2.44. The molecule has 1 aliphatic rings. The average molecular weight is 379 g/mol. The van der Waals surface area contributed by atoms with Crippen LogP contribution in [0.3, 0.4) is 0 Å². The molecular weight excluding hydrogens is 362 g/mol. The highest BCUT2D eigenvalue weighted by atomic mass is 16.6. The Morgan fingerprint density at radius 1 is 1.07 bits per heavy atom. The molecule has 0 atom stereocenters. The van der Waals surface area contributed by atoms with Crippen molar-refractivity contribution in [2.75, 3.05) is 25.1 Å². The van der Waals surface area contributed by atoms with Gasteiger partial charge in [0.1, 0.15) is 13.2 Å². The van der Waals surface area contributed by atoms with Gasteiger partial charge < -0.3 is 19.5 Å². The summed E-state index contributed by atoms with van der Waals surface area (Å²) in [6.07, 6.45) is 3.47. The molecule has 0 aliphatic carbocycles. The number of benzene rings is 2. The maximum Gasteiger partial charge on any atom is 0.338 e. The Kier molecular flexibility index (Phi) is 4.92. The van der Waals surface area contributed by atoms with Crippen LogP contribution in [0.1, 0.15) is 10.4 Å². The largest absolute Gasteiger partial charge is 0.486 e. The van der Waals surface area contributed by atoms with Crippen LogP contribution in [0.4, 0.5) is 5.69 Å². The van der Waals surface area contributed by atoms with E-state index < -0.39 is 18.5 Å². The first kappa shape index (κ1) is 17.6. The highest BCUT2D eigenvalue weighted by molar-refractivity contribution is 5.95. The molecule has 2 aromatic carbocycles. The molecule has 28 heavy (non-hydrogen) atoms. The van der Waals surface area contributed by atoms with Crippen LogP contribution in [-0.2, 0) is 9.53 Å². The number of carbonyl (C=O) groups is 2. The third-order valence-electron chi connectivity index (χ3n) is 4.03. The normalized spacial score (nSPS) is 12.3. The number of fused-ring (bicyclic) bond motifs is 1. The summed E-state index contributed by atoms with van der Waals surface area (Å²) in [6, 6.07) is 13.6. The molecule has 1 N–H and O–H groups in total. The van der Waals surface area contributed by atoms with Crippen LogP contribution >= 0.6 is 0 Å². The van der Waals surface area contributed by atoms with E-state index in [1.54, 1.807) is 59.5 Å².